The van der Waals surface area contributed by atoms with E-state index >= 15 is 0 Å². The molecule has 0 saturated carbocycles. The van der Waals surface area contributed by atoms with Crippen LogP contribution in [0.25, 0.3) is 0 Å². The van der Waals surface area contributed by atoms with Gasteiger partial charge in [-0.1, -0.05) is 29.7 Å². The van der Waals surface area contributed by atoms with E-state index in [0.29, 0.717) is 22.1 Å². The van der Waals surface area contributed by atoms with Crippen molar-refractivity contribution in [3.63, 3.8) is 0 Å². The molecule has 2 atom stereocenters. The first-order valence-electron chi connectivity index (χ1n) is 9.65. The van der Waals surface area contributed by atoms with Gasteiger partial charge in [0, 0.05) is 6.07 Å². The fraction of sp³-hybridized carbons (Fsp3) is 0.333. The predicted octanol–water partition coefficient (Wildman–Crippen LogP) is 3.95. The van der Waals surface area contributed by atoms with Crippen LogP contribution in [0.2, 0.25) is 5.02 Å². The lowest BCUT2D eigenvalue weighted by atomic mass is 9.96. The number of halogens is 1. The molecule has 0 aliphatic carbocycles. The number of hydrogen-bond acceptors (Lipinski definition) is 6. The van der Waals surface area contributed by atoms with Crippen LogP contribution < -0.4 is 9.47 Å². The second-order valence-electron chi connectivity index (χ2n) is 6.72. The Bertz CT molecular complexity index is 972. The molecule has 31 heavy (non-hydrogen) atoms. The summed E-state index contributed by atoms with van der Waals surface area (Å²) in [6.45, 7) is 2.09. The third-order valence-corrected chi connectivity index (χ3v) is 4.80. The topological polar surface area (TPSA) is 88.8 Å². The molecule has 0 fully saturated rings. The Morgan fingerprint density at radius 3 is 2.32 bits per heavy atom. The van der Waals surface area contributed by atoms with E-state index in [9.17, 15) is 9.90 Å². The monoisotopic (exact) mass is 441 g/mol. The van der Waals surface area contributed by atoms with Crippen molar-refractivity contribution >= 4 is 17.6 Å². The second-order valence-corrected chi connectivity index (χ2v) is 7.13. The number of carbonyl (C=O) groups excluding carboxylic acids is 1. The molecule has 0 aliphatic rings. The lowest BCUT2D eigenvalue weighted by Crippen LogP contribution is -2.23. The summed E-state index contributed by atoms with van der Waals surface area (Å²) in [5.41, 5.74) is 1.27. The summed E-state index contributed by atoms with van der Waals surface area (Å²) in [5, 5.41) is 18.8. The van der Waals surface area contributed by atoms with Crippen LogP contribution in [0.15, 0.2) is 42.5 Å². The molecule has 162 valence electrons. The quantitative estimate of drug-likeness (QED) is 0.443. The summed E-state index contributed by atoms with van der Waals surface area (Å²) in [5.74, 6) is 6.18. The number of benzene rings is 2. The minimum Gasteiger partial charge on any atom is -0.493 e. The predicted molar refractivity (Wildman–Crippen MR) is 117 cm³/mol. The van der Waals surface area contributed by atoms with Crippen LogP contribution in [-0.4, -0.2) is 38.0 Å². The molecule has 2 rings (SSSR count). The molecule has 0 saturated heterocycles. The van der Waals surface area contributed by atoms with Gasteiger partial charge in [-0.25, -0.2) is 0 Å². The fourth-order valence-electron chi connectivity index (χ4n) is 2.73. The van der Waals surface area contributed by atoms with Crippen molar-refractivity contribution in [2.45, 2.75) is 19.3 Å². The number of rotatable bonds is 10. The molecule has 0 bridgehead atoms. The Morgan fingerprint density at radius 2 is 1.77 bits per heavy atom. The van der Waals surface area contributed by atoms with Gasteiger partial charge in [0.1, 0.15) is 17.6 Å². The molecule has 6 nitrogen and oxygen atoms in total. The van der Waals surface area contributed by atoms with E-state index in [2.05, 4.69) is 11.8 Å². The van der Waals surface area contributed by atoms with Crippen LogP contribution in [0.5, 0.6) is 11.5 Å². The molecule has 7 heteroatoms. The van der Waals surface area contributed by atoms with Crippen LogP contribution in [0.3, 0.4) is 0 Å². The van der Waals surface area contributed by atoms with Crippen molar-refractivity contribution in [1.82, 2.24) is 0 Å². The van der Waals surface area contributed by atoms with E-state index in [1.165, 1.54) is 7.11 Å². The summed E-state index contributed by atoms with van der Waals surface area (Å²) in [4.78, 5) is 11.6. The highest BCUT2D eigenvalue weighted by molar-refractivity contribution is 6.31. The minimum atomic E-state index is -0.317. The molecular weight excluding hydrogens is 418 g/mol. The van der Waals surface area contributed by atoms with Gasteiger partial charge in [0.15, 0.2) is 0 Å². The van der Waals surface area contributed by atoms with Crippen LogP contribution in [0.1, 0.15) is 30.4 Å². The van der Waals surface area contributed by atoms with Gasteiger partial charge in [0.05, 0.1) is 55.8 Å². The average molecular weight is 442 g/mol. The van der Waals surface area contributed by atoms with Crippen molar-refractivity contribution in [3.05, 3.63) is 58.6 Å². The standard InChI is InChI=1S/C24H24ClNO5/c1-3-4-19(11-24(28)29-2)18-5-8-21(9-6-18)30-15-17(14-27)16-31-22-10-7-20(13-26)23(25)12-22/h5-10,12,17,19,27H,11,14-16H2,1-2H3. The number of nitriles is 1. The lowest BCUT2D eigenvalue weighted by molar-refractivity contribution is -0.140. The average Bonchev–Trinajstić information content (AvgIpc) is 2.79. The van der Waals surface area contributed by atoms with Gasteiger partial charge in [0.25, 0.3) is 0 Å². The normalized spacial score (nSPS) is 12.0. The summed E-state index contributed by atoms with van der Waals surface area (Å²) < 4.78 is 16.2. The third-order valence-electron chi connectivity index (χ3n) is 4.49. The molecular formula is C24H24ClNO5. The Kier molecular flexibility index (Phi) is 9.71. The summed E-state index contributed by atoms with van der Waals surface area (Å²) in [6.07, 6.45) is 0.181. The van der Waals surface area contributed by atoms with Crippen molar-refractivity contribution in [1.29, 1.82) is 5.26 Å². The number of esters is 1. The van der Waals surface area contributed by atoms with E-state index in [4.69, 9.17) is 31.1 Å². The molecule has 0 aromatic heterocycles. The highest BCUT2D eigenvalue weighted by Gasteiger charge is 2.15. The maximum Gasteiger partial charge on any atom is 0.307 e. The zero-order valence-corrected chi connectivity index (χ0v) is 18.2. The number of aliphatic hydroxyl groups is 1. The van der Waals surface area contributed by atoms with E-state index in [0.717, 1.165) is 5.56 Å². The maximum absolute atomic E-state index is 11.6. The molecule has 0 heterocycles. The molecule has 2 unspecified atom stereocenters. The third kappa shape index (κ3) is 7.53. The van der Waals surface area contributed by atoms with Crippen molar-refractivity contribution in [3.8, 4) is 29.4 Å². The van der Waals surface area contributed by atoms with Crippen LogP contribution in [-0.2, 0) is 9.53 Å². The number of hydrogen-bond donors (Lipinski definition) is 1. The van der Waals surface area contributed by atoms with Gasteiger partial charge < -0.3 is 19.3 Å². The van der Waals surface area contributed by atoms with Crippen molar-refractivity contribution in [2.75, 3.05) is 26.9 Å². The van der Waals surface area contributed by atoms with E-state index in [1.807, 2.05) is 18.2 Å². The van der Waals surface area contributed by atoms with Gasteiger partial charge in [-0.05, 0) is 36.8 Å². The smallest absolute Gasteiger partial charge is 0.307 e. The maximum atomic E-state index is 11.6. The van der Waals surface area contributed by atoms with Gasteiger partial charge >= 0.3 is 5.97 Å². The number of nitrogens with zero attached hydrogens (tertiary/aromatic N) is 1. The zero-order valence-electron chi connectivity index (χ0n) is 17.4. The molecule has 2 aromatic rings. The highest BCUT2D eigenvalue weighted by Crippen LogP contribution is 2.24. The Labute approximate surface area is 187 Å². The fourth-order valence-corrected chi connectivity index (χ4v) is 2.94. The summed E-state index contributed by atoms with van der Waals surface area (Å²) in [6, 6.07) is 14.1. The molecule has 0 spiro atoms. The molecule has 0 aliphatic heterocycles. The Balaban J connectivity index is 1.91. The van der Waals surface area contributed by atoms with Gasteiger partial charge in [0.2, 0.25) is 0 Å². The SMILES string of the molecule is CC#CC(CC(=O)OC)c1ccc(OCC(CO)COc2ccc(C#N)c(Cl)c2)cc1. The molecule has 0 amide bonds. The first-order chi connectivity index (χ1) is 15.0. The van der Waals surface area contributed by atoms with Crippen LogP contribution in [0.4, 0.5) is 0 Å². The second kappa shape index (κ2) is 12.5. The summed E-state index contributed by atoms with van der Waals surface area (Å²) in [7, 11) is 1.35. The number of methoxy groups -OCH3 is 1. The Hall–Kier alpha value is -3.19. The first-order valence-corrected chi connectivity index (χ1v) is 10.0. The van der Waals surface area contributed by atoms with Gasteiger partial charge in [-0.3, -0.25) is 4.79 Å². The minimum absolute atomic E-state index is 0.116. The van der Waals surface area contributed by atoms with Gasteiger partial charge in [-0.15, -0.1) is 5.92 Å². The van der Waals surface area contributed by atoms with E-state index in [1.54, 1.807) is 37.3 Å². The molecule has 2 aromatic carbocycles. The van der Waals surface area contributed by atoms with Crippen LogP contribution in [0, 0.1) is 29.1 Å². The Morgan fingerprint density at radius 1 is 1.13 bits per heavy atom. The molecule has 1 N–H and O–H groups in total. The first kappa shape index (κ1) is 24.1. The lowest BCUT2D eigenvalue weighted by Gasteiger charge is -2.17. The zero-order chi connectivity index (χ0) is 22.6. The van der Waals surface area contributed by atoms with Gasteiger partial charge in [-0.2, -0.15) is 5.26 Å². The molecule has 0 radical (unpaired) electrons. The van der Waals surface area contributed by atoms with Crippen LogP contribution >= 0.6 is 11.6 Å². The highest BCUT2D eigenvalue weighted by atomic mass is 35.5. The van der Waals surface area contributed by atoms with E-state index < -0.39 is 0 Å². The largest absolute Gasteiger partial charge is 0.493 e. The number of aliphatic hydroxyl groups excluding tert-OH is 1. The summed E-state index contributed by atoms with van der Waals surface area (Å²) >= 11 is 6.00. The van der Waals surface area contributed by atoms with E-state index in [-0.39, 0.29) is 44.0 Å². The van der Waals surface area contributed by atoms with Crippen molar-refractivity contribution < 1.29 is 24.1 Å². The number of carbonyl (C=O) groups is 1. The number of ether oxygens (including phenoxy) is 3. The van der Waals surface area contributed by atoms with Crippen molar-refractivity contribution in [2.24, 2.45) is 5.92 Å².